The first kappa shape index (κ1) is 17.1. The van der Waals surface area contributed by atoms with Crippen LogP contribution in [0.25, 0.3) is 11.1 Å². The number of rotatable bonds is 4. The Morgan fingerprint density at radius 2 is 1.96 bits per heavy atom. The number of ether oxygens (including phenoxy) is 1. The van der Waals surface area contributed by atoms with Crippen molar-refractivity contribution >= 4 is 11.8 Å². The van der Waals surface area contributed by atoms with E-state index in [1.54, 1.807) is 42.3 Å². The highest BCUT2D eigenvalue weighted by molar-refractivity contribution is 5.95. The van der Waals surface area contributed by atoms with E-state index < -0.39 is 0 Å². The fourth-order valence-corrected chi connectivity index (χ4v) is 2.70. The molecule has 1 N–H and O–H groups in total. The lowest BCUT2D eigenvalue weighted by Gasteiger charge is -2.29. The van der Waals surface area contributed by atoms with Crippen molar-refractivity contribution in [2.75, 3.05) is 26.7 Å². The summed E-state index contributed by atoms with van der Waals surface area (Å²) >= 11 is 0. The SMILES string of the molecule is CN1C[C@H](CNC(=O)c2cccc(-c3cccc(F)c3)c2)OCC1=O. The van der Waals surface area contributed by atoms with Gasteiger partial charge in [-0.2, -0.15) is 0 Å². The second-order valence-electron chi connectivity index (χ2n) is 6.01. The van der Waals surface area contributed by atoms with Crippen LogP contribution in [0.1, 0.15) is 10.4 Å². The summed E-state index contributed by atoms with van der Waals surface area (Å²) in [5.74, 6) is -0.618. The van der Waals surface area contributed by atoms with E-state index in [1.165, 1.54) is 12.1 Å². The topological polar surface area (TPSA) is 58.6 Å². The first-order valence-electron chi connectivity index (χ1n) is 8.02. The molecule has 0 bridgehead atoms. The second kappa shape index (κ2) is 7.44. The summed E-state index contributed by atoms with van der Waals surface area (Å²) in [6.07, 6.45) is -0.224. The summed E-state index contributed by atoms with van der Waals surface area (Å²) in [5, 5.41) is 2.82. The Morgan fingerprint density at radius 1 is 1.24 bits per heavy atom. The van der Waals surface area contributed by atoms with Gasteiger partial charge >= 0.3 is 0 Å². The molecule has 2 amide bonds. The number of amides is 2. The van der Waals surface area contributed by atoms with Crippen molar-refractivity contribution in [1.29, 1.82) is 0 Å². The van der Waals surface area contributed by atoms with Gasteiger partial charge in [0.2, 0.25) is 5.91 Å². The maximum atomic E-state index is 13.4. The van der Waals surface area contributed by atoms with Crippen molar-refractivity contribution < 1.29 is 18.7 Å². The zero-order chi connectivity index (χ0) is 17.8. The largest absolute Gasteiger partial charge is 0.365 e. The number of carbonyl (C=O) groups excluding carboxylic acids is 2. The predicted octanol–water partition coefficient (Wildman–Crippen LogP) is 2.08. The molecule has 6 heteroatoms. The van der Waals surface area contributed by atoms with Crippen molar-refractivity contribution in [2.24, 2.45) is 0 Å². The monoisotopic (exact) mass is 342 g/mol. The molecule has 2 aromatic carbocycles. The highest BCUT2D eigenvalue weighted by atomic mass is 19.1. The molecular formula is C19H19FN2O3. The lowest BCUT2D eigenvalue weighted by Crippen LogP contribution is -2.48. The number of halogens is 1. The number of likely N-dealkylation sites (N-methyl/N-ethyl adjacent to an activating group) is 1. The lowest BCUT2D eigenvalue weighted by molar-refractivity contribution is -0.146. The van der Waals surface area contributed by atoms with Gasteiger partial charge in [-0.05, 0) is 35.4 Å². The number of benzene rings is 2. The average Bonchev–Trinajstić information content (AvgIpc) is 2.62. The first-order chi connectivity index (χ1) is 12.0. The molecule has 5 nitrogen and oxygen atoms in total. The van der Waals surface area contributed by atoms with E-state index in [0.29, 0.717) is 24.2 Å². The van der Waals surface area contributed by atoms with E-state index in [1.807, 2.05) is 6.07 Å². The van der Waals surface area contributed by atoms with Crippen LogP contribution in [0.15, 0.2) is 48.5 Å². The molecule has 0 aliphatic carbocycles. The van der Waals surface area contributed by atoms with Crippen LogP contribution in [0.4, 0.5) is 4.39 Å². The van der Waals surface area contributed by atoms with Crippen molar-refractivity contribution in [1.82, 2.24) is 10.2 Å². The fourth-order valence-electron chi connectivity index (χ4n) is 2.70. The molecular weight excluding hydrogens is 323 g/mol. The molecule has 1 aliphatic rings. The van der Waals surface area contributed by atoms with Gasteiger partial charge in [0.1, 0.15) is 12.4 Å². The molecule has 1 heterocycles. The Labute approximate surface area is 145 Å². The Kier molecular flexibility index (Phi) is 5.09. The van der Waals surface area contributed by atoms with E-state index in [2.05, 4.69) is 5.32 Å². The van der Waals surface area contributed by atoms with Crippen LogP contribution in [-0.2, 0) is 9.53 Å². The normalized spacial score (nSPS) is 17.4. The number of hydrogen-bond acceptors (Lipinski definition) is 3. The van der Waals surface area contributed by atoms with Gasteiger partial charge in [-0.3, -0.25) is 9.59 Å². The van der Waals surface area contributed by atoms with Crippen LogP contribution in [0.5, 0.6) is 0 Å². The molecule has 130 valence electrons. The maximum Gasteiger partial charge on any atom is 0.251 e. The van der Waals surface area contributed by atoms with Crippen LogP contribution >= 0.6 is 0 Å². The average molecular weight is 342 g/mol. The predicted molar refractivity (Wildman–Crippen MR) is 91.5 cm³/mol. The highest BCUT2D eigenvalue weighted by Gasteiger charge is 2.23. The molecule has 1 fully saturated rings. The third-order valence-corrected chi connectivity index (χ3v) is 4.12. The van der Waals surface area contributed by atoms with Crippen LogP contribution in [-0.4, -0.2) is 49.6 Å². The third kappa shape index (κ3) is 4.22. The van der Waals surface area contributed by atoms with E-state index in [0.717, 1.165) is 5.56 Å². The maximum absolute atomic E-state index is 13.4. The van der Waals surface area contributed by atoms with E-state index in [9.17, 15) is 14.0 Å². The molecule has 25 heavy (non-hydrogen) atoms. The van der Waals surface area contributed by atoms with Crippen molar-refractivity contribution in [3.63, 3.8) is 0 Å². The zero-order valence-corrected chi connectivity index (χ0v) is 13.9. The number of nitrogens with one attached hydrogen (secondary N) is 1. The van der Waals surface area contributed by atoms with Gasteiger partial charge in [0.15, 0.2) is 0 Å². The Hall–Kier alpha value is -2.73. The van der Waals surface area contributed by atoms with Gasteiger partial charge in [-0.1, -0.05) is 24.3 Å². The standard InChI is InChI=1S/C19H19FN2O3/c1-22-11-17(25-12-18(22)23)10-21-19(24)15-6-2-4-13(8-15)14-5-3-7-16(20)9-14/h2-9,17H,10-12H2,1H3,(H,21,24)/t17-/m0/s1. The zero-order valence-electron chi connectivity index (χ0n) is 13.9. The minimum Gasteiger partial charge on any atom is -0.365 e. The van der Waals surface area contributed by atoms with Gasteiger partial charge in [0, 0.05) is 25.7 Å². The summed E-state index contributed by atoms with van der Waals surface area (Å²) in [7, 11) is 1.71. The van der Waals surface area contributed by atoms with Gasteiger partial charge in [0.25, 0.3) is 5.91 Å². The Bertz CT molecular complexity index is 794. The molecule has 0 saturated carbocycles. The second-order valence-corrected chi connectivity index (χ2v) is 6.01. The van der Waals surface area contributed by atoms with E-state index >= 15 is 0 Å². The molecule has 0 radical (unpaired) electrons. The highest BCUT2D eigenvalue weighted by Crippen LogP contribution is 2.21. The van der Waals surface area contributed by atoms with Gasteiger partial charge in [-0.15, -0.1) is 0 Å². The first-order valence-corrected chi connectivity index (χ1v) is 8.02. The molecule has 0 aromatic heterocycles. The number of morpholine rings is 1. The number of carbonyl (C=O) groups is 2. The summed E-state index contributed by atoms with van der Waals surface area (Å²) < 4.78 is 18.8. The van der Waals surface area contributed by atoms with Gasteiger partial charge in [0.05, 0.1) is 6.10 Å². The van der Waals surface area contributed by atoms with Crippen molar-refractivity contribution in [3.8, 4) is 11.1 Å². The van der Waals surface area contributed by atoms with Crippen LogP contribution in [0.2, 0.25) is 0 Å². The third-order valence-electron chi connectivity index (χ3n) is 4.12. The molecule has 1 saturated heterocycles. The number of nitrogens with zero attached hydrogens (tertiary/aromatic N) is 1. The number of hydrogen-bond donors (Lipinski definition) is 1. The smallest absolute Gasteiger partial charge is 0.251 e. The molecule has 0 unspecified atom stereocenters. The van der Waals surface area contributed by atoms with Crippen molar-refractivity contribution in [3.05, 3.63) is 59.9 Å². The fraction of sp³-hybridized carbons (Fsp3) is 0.263. The molecule has 1 aliphatic heterocycles. The van der Waals surface area contributed by atoms with Crippen LogP contribution < -0.4 is 5.32 Å². The minimum atomic E-state index is -0.319. The molecule has 3 rings (SSSR count). The van der Waals surface area contributed by atoms with E-state index in [-0.39, 0.29) is 30.3 Å². The molecule has 0 spiro atoms. The van der Waals surface area contributed by atoms with E-state index in [4.69, 9.17) is 4.74 Å². The summed E-state index contributed by atoms with van der Waals surface area (Å²) in [6, 6.07) is 13.3. The summed E-state index contributed by atoms with van der Waals surface area (Å²) in [5.41, 5.74) is 1.97. The Morgan fingerprint density at radius 3 is 2.68 bits per heavy atom. The molecule has 1 atom stereocenters. The van der Waals surface area contributed by atoms with Gasteiger partial charge in [-0.25, -0.2) is 4.39 Å². The van der Waals surface area contributed by atoms with Crippen LogP contribution in [0.3, 0.4) is 0 Å². The molecule has 2 aromatic rings. The quantitative estimate of drug-likeness (QED) is 0.925. The van der Waals surface area contributed by atoms with Crippen LogP contribution in [0, 0.1) is 5.82 Å². The minimum absolute atomic E-state index is 0.0338. The lowest BCUT2D eigenvalue weighted by atomic mass is 10.0. The van der Waals surface area contributed by atoms with Crippen molar-refractivity contribution in [2.45, 2.75) is 6.10 Å². The summed E-state index contributed by atoms with van der Waals surface area (Å²) in [4.78, 5) is 25.3. The van der Waals surface area contributed by atoms with Gasteiger partial charge < -0.3 is 15.0 Å². The Balaban J connectivity index is 1.65. The summed E-state index contributed by atoms with van der Waals surface area (Å²) in [6.45, 7) is 0.801.